The fraction of sp³-hybridized carbons (Fsp3) is 0.273. The van der Waals surface area contributed by atoms with E-state index < -0.39 is 18.2 Å². The molecule has 0 saturated heterocycles. The summed E-state index contributed by atoms with van der Waals surface area (Å²) in [7, 11) is 1.52. The van der Waals surface area contributed by atoms with Gasteiger partial charge in [-0.15, -0.1) is 0 Å². The van der Waals surface area contributed by atoms with Gasteiger partial charge in [-0.3, -0.25) is 9.59 Å². The fourth-order valence-electron chi connectivity index (χ4n) is 1.42. The molecule has 1 aromatic carbocycles. The number of amides is 1. The smallest absolute Gasteiger partial charge is 0.324 e. The number of nitrogens with one attached hydrogen (secondary N) is 1. The Hall–Kier alpha value is -2.24. The van der Waals surface area contributed by atoms with Crippen molar-refractivity contribution in [1.29, 1.82) is 0 Å². The molecule has 2 rings (SSSR count). The summed E-state index contributed by atoms with van der Waals surface area (Å²) in [5.41, 5.74) is 0.513. The number of hydrogen-bond donors (Lipinski definition) is 1. The summed E-state index contributed by atoms with van der Waals surface area (Å²) in [6.07, 6.45) is -1.26. The third kappa shape index (κ3) is 2.30. The van der Waals surface area contributed by atoms with Gasteiger partial charge in [0.2, 0.25) is 0 Å². The molecular weight excluding hydrogens is 226 g/mol. The van der Waals surface area contributed by atoms with Gasteiger partial charge < -0.3 is 19.5 Å². The number of carbonyl (C=O) groups is 2. The summed E-state index contributed by atoms with van der Waals surface area (Å²) in [5.74, 6) is -0.119. The molecule has 0 spiro atoms. The molecule has 1 aromatic rings. The topological polar surface area (TPSA) is 73.9 Å². The van der Waals surface area contributed by atoms with Crippen LogP contribution in [0.2, 0.25) is 0 Å². The molecule has 0 radical (unpaired) electrons. The minimum atomic E-state index is -1.26. The van der Waals surface area contributed by atoms with Crippen molar-refractivity contribution in [3.05, 3.63) is 18.2 Å². The van der Waals surface area contributed by atoms with Gasteiger partial charge in [-0.1, -0.05) is 0 Å². The molecule has 0 saturated carbocycles. The van der Waals surface area contributed by atoms with Gasteiger partial charge in [0.15, 0.2) is 5.75 Å². The maximum absolute atomic E-state index is 11.5. The Bertz CT molecular complexity index is 471. The van der Waals surface area contributed by atoms with Crippen molar-refractivity contribution < 1.29 is 23.8 Å². The van der Waals surface area contributed by atoms with Crippen LogP contribution in [0.15, 0.2) is 18.2 Å². The summed E-state index contributed by atoms with van der Waals surface area (Å²) in [4.78, 5) is 22.3. The fourth-order valence-corrected chi connectivity index (χ4v) is 1.42. The Morgan fingerprint density at radius 3 is 2.88 bits per heavy atom. The number of anilines is 1. The Kier molecular flexibility index (Phi) is 2.86. The highest BCUT2D eigenvalue weighted by molar-refractivity contribution is 5.97. The number of ether oxygens (including phenoxy) is 3. The Balaban J connectivity index is 2.25. The lowest BCUT2D eigenvalue weighted by molar-refractivity contribution is -0.168. The van der Waals surface area contributed by atoms with E-state index in [4.69, 9.17) is 14.2 Å². The normalized spacial score (nSPS) is 17.5. The molecule has 1 N–H and O–H groups in total. The zero-order valence-corrected chi connectivity index (χ0v) is 9.35. The van der Waals surface area contributed by atoms with Crippen LogP contribution in [0, 0.1) is 0 Å². The van der Waals surface area contributed by atoms with Crippen molar-refractivity contribution in [3.63, 3.8) is 0 Å². The van der Waals surface area contributed by atoms with Crippen LogP contribution in [-0.4, -0.2) is 25.3 Å². The van der Waals surface area contributed by atoms with Gasteiger partial charge in [-0.2, -0.15) is 0 Å². The molecule has 1 heterocycles. The van der Waals surface area contributed by atoms with E-state index in [2.05, 4.69) is 5.32 Å². The summed E-state index contributed by atoms with van der Waals surface area (Å²) in [6, 6.07) is 4.94. The highest BCUT2D eigenvalue weighted by Crippen LogP contribution is 2.33. The Morgan fingerprint density at radius 2 is 2.24 bits per heavy atom. The first-order chi connectivity index (χ1) is 8.10. The predicted molar refractivity (Wildman–Crippen MR) is 57.8 cm³/mol. The van der Waals surface area contributed by atoms with Gasteiger partial charge in [-0.05, 0) is 12.1 Å². The molecule has 1 amide bonds. The number of fused-ring (bicyclic) bond motifs is 1. The lowest BCUT2D eigenvalue weighted by Gasteiger charge is -2.25. The molecular formula is C11H11NO5. The van der Waals surface area contributed by atoms with Crippen LogP contribution in [0.4, 0.5) is 5.69 Å². The maximum atomic E-state index is 11.5. The first kappa shape index (κ1) is 11.3. The summed E-state index contributed by atoms with van der Waals surface area (Å²) >= 11 is 0. The van der Waals surface area contributed by atoms with E-state index >= 15 is 0 Å². The summed E-state index contributed by atoms with van der Waals surface area (Å²) in [5, 5.41) is 2.57. The third-order valence-corrected chi connectivity index (χ3v) is 2.17. The number of carbonyl (C=O) groups excluding carboxylic acids is 2. The van der Waals surface area contributed by atoms with Crippen LogP contribution in [0.3, 0.4) is 0 Å². The van der Waals surface area contributed by atoms with Gasteiger partial charge in [0.1, 0.15) is 5.75 Å². The first-order valence-electron chi connectivity index (χ1n) is 4.93. The highest BCUT2D eigenvalue weighted by atomic mass is 16.7. The maximum Gasteiger partial charge on any atom is 0.324 e. The SMILES string of the molecule is COc1ccc2c(c1)OC(OC(C)=O)C(=O)N2. The predicted octanol–water partition coefficient (Wildman–Crippen LogP) is 0.915. The van der Waals surface area contributed by atoms with Gasteiger partial charge in [0.05, 0.1) is 12.8 Å². The number of methoxy groups -OCH3 is 1. The minimum Gasteiger partial charge on any atom is -0.497 e. The average Bonchev–Trinajstić information content (AvgIpc) is 2.29. The quantitative estimate of drug-likeness (QED) is 0.774. The average molecular weight is 237 g/mol. The van der Waals surface area contributed by atoms with Gasteiger partial charge >= 0.3 is 18.2 Å². The Labute approximate surface area is 97.5 Å². The van der Waals surface area contributed by atoms with Crippen molar-refractivity contribution in [3.8, 4) is 11.5 Å². The zero-order chi connectivity index (χ0) is 12.4. The highest BCUT2D eigenvalue weighted by Gasteiger charge is 2.30. The molecule has 90 valence electrons. The van der Waals surface area contributed by atoms with Gasteiger partial charge in [0.25, 0.3) is 0 Å². The molecule has 1 atom stereocenters. The molecule has 6 heteroatoms. The monoisotopic (exact) mass is 237 g/mol. The van der Waals surface area contributed by atoms with Crippen LogP contribution in [0.25, 0.3) is 0 Å². The van der Waals surface area contributed by atoms with Crippen LogP contribution >= 0.6 is 0 Å². The van der Waals surface area contributed by atoms with E-state index in [1.54, 1.807) is 18.2 Å². The lowest BCUT2D eigenvalue weighted by Crippen LogP contribution is -2.40. The van der Waals surface area contributed by atoms with E-state index in [1.807, 2.05) is 0 Å². The van der Waals surface area contributed by atoms with E-state index in [9.17, 15) is 9.59 Å². The standard InChI is InChI=1S/C11H11NO5/c1-6(13)16-11-10(14)12-8-4-3-7(15-2)5-9(8)17-11/h3-5,11H,1-2H3,(H,12,14). The summed E-state index contributed by atoms with van der Waals surface area (Å²) in [6.45, 7) is 1.21. The second-order valence-corrected chi connectivity index (χ2v) is 3.41. The molecule has 17 heavy (non-hydrogen) atoms. The molecule has 0 aliphatic carbocycles. The van der Waals surface area contributed by atoms with Crippen LogP contribution in [0.1, 0.15) is 6.92 Å². The van der Waals surface area contributed by atoms with E-state index in [0.717, 1.165) is 0 Å². The van der Waals surface area contributed by atoms with Crippen LogP contribution in [0.5, 0.6) is 11.5 Å². The first-order valence-corrected chi connectivity index (χ1v) is 4.93. The zero-order valence-electron chi connectivity index (χ0n) is 9.35. The number of rotatable bonds is 2. The second kappa shape index (κ2) is 4.32. The molecule has 6 nitrogen and oxygen atoms in total. The van der Waals surface area contributed by atoms with E-state index in [-0.39, 0.29) is 0 Å². The van der Waals surface area contributed by atoms with Crippen molar-refractivity contribution >= 4 is 17.6 Å². The van der Waals surface area contributed by atoms with E-state index in [1.165, 1.54) is 14.0 Å². The van der Waals surface area contributed by atoms with E-state index in [0.29, 0.717) is 17.2 Å². The molecule has 0 fully saturated rings. The molecule has 1 unspecified atom stereocenters. The number of hydrogen-bond acceptors (Lipinski definition) is 5. The van der Waals surface area contributed by atoms with Crippen molar-refractivity contribution in [2.24, 2.45) is 0 Å². The summed E-state index contributed by atoms with van der Waals surface area (Å²) < 4.78 is 15.0. The van der Waals surface area contributed by atoms with Crippen LogP contribution < -0.4 is 14.8 Å². The lowest BCUT2D eigenvalue weighted by atomic mass is 10.2. The second-order valence-electron chi connectivity index (χ2n) is 3.41. The molecule has 0 aromatic heterocycles. The molecule has 1 aliphatic heterocycles. The number of esters is 1. The number of benzene rings is 1. The molecule has 1 aliphatic rings. The van der Waals surface area contributed by atoms with Crippen molar-refractivity contribution in [2.75, 3.05) is 12.4 Å². The largest absolute Gasteiger partial charge is 0.497 e. The van der Waals surface area contributed by atoms with Crippen molar-refractivity contribution in [1.82, 2.24) is 0 Å². The molecule has 0 bridgehead atoms. The third-order valence-electron chi connectivity index (χ3n) is 2.17. The van der Waals surface area contributed by atoms with Crippen LogP contribution in [-0.2, 0) is 14.3 Å². The van der Waals surface area contributed by atoms with Gasteiger partial charge in [0, 0.05) is 13.0 Å². The van der Waals surface area contributed by atoms with Crippen molar-refractivity contribution in [2.45, 2.75) is 13.2 Å². The van der Waals surface area contributed by atoms with Gasteiger partial charge in [-0.25, -0.2) is 0 Å². The minimum absolute atomic E-state index is 0.398. The Morgan fingerprint density at radius 1 is 1.47 bits per heavy atom.